The molecular weight excluding hydrogens is 352 g/mol. The van der Waals surface area contributed by atoms with Crippen LogP contribution < -0.4 is 14.8 Å². The quantitative estimate of drug-likeness (QED) is 0.735. The number of hydrogen-bond donors (Lipinski definition) is 1. The van der Waals surface area contributed by atoms with Gasteiger partial charge in [0.05, 0.1) is 30.5 Å². The number of rotatable bonds is 7. The molecule has 1 aromatic carbocycles. The summed E-state index contributed by atoms with van der Waals surface area (Å²) in [6.45, 7) is 3.85. The maximum Gasteiger partial charge on any atom is 0.319 e. The van der Waals surface area contributed by atoms with Crippen LogP contribution >= 0.6 is 0 Å². The van der Waals surface area contributed by atoms with Crippen molar-refractivity contribution in [2.75, 3.05) is 25.1 Å². The van der Waals surface area contributed by atoms with Crippen molar-refractivity contribution in [1.82, 2.24) is 14.9 Å². The molecule has 1 aliphatic rings. The molecule has 2 aromatic rings. The van der Waals surface area contributed by atoms with Crippen LogP contribution in [-0.2, 0) is 4.79 Å². The molecule has 0 unspecified atom stereocenters. The lowest BCUT2D eigenvalue weighted by Gasteiger charge is -2.15. The number of carbonyl (C=O) groups is 3. The number of carbonyl (C=O) groups excluding carboxylic acids is 3. The first-order chi connectivity index (χ1) is 13.0. The van der Waals surface area contributed by atoms with E-state index in [1.54, 1.807) is 38.1 Å². The van der Waals surface area contributed by atoms with E-state index in [-0.39, 0.29) is 28.7 Å². The Morgan fingerprint density at radius 2 is 1.70 bits per heavy atom. The van der Waals surface area contributed by atoms with E-state index in [0.717, 1.165) is 4.90 Å². The summed E-state index contributed by atoms with van der Waals surface area (Å²) >= 11 is 0. The minimum absolute atomic E-state index is 0.124. The summed E-state index contributed by atoms with van der Waals surface area (Å²) in [7, 11) is 0. The van der Waals surface area contributed by atoms with Crippen LogP contribution in [0.5, 0.6) is 11.9 Å². The van der Waals surface area contributed by atoms with Crippen molar-refractivity contribution in [3.05, 3.63) is 41.6 Å². The number of nitrogens with zero attached hydrogens (tertiary/aromatic N) is 3. The summed E-state index contributed by atoms with van der Waals surface area (Å²) in [6, 6.07) is 6.57. The highest BCUT2D eigenvalue weighted by molar-refractivity contribution is 6.22. The van der Waals surface area contributed by atoms with E-state index in [2.05, 4.69) is 15.3 Å². The highest BCUT2D eigenvalue weighted by Gasteiger charge is 2.36. The molecule has 0 spiro atoms. The zero-order valence-corrected chi connectivity index (χ0v) is 14.9. The maximum absolute atomic E-state index is 12.4. The van der Waals surface area contributed by atoms with Gasteiger partial charge in [-0.05, 0) is 26.0 Å². The lowest BCUT2D eigenvalue weighted by atomic mass is 10.1. The third kappa shape index (κ3) is 3.71. The Hall–Kier alpha value is -3.49. The van der Waals surface area contributed by atoms with Crippen LogP contribution in [0.25, 0.3) is 0 Å². The summed E-state index contributed by atoms with van der Waals surface area (Å²) in [6.07, 6.45) is 1.35. The Morgan fingerprint density at radius 3 is 2.30 bits per heavy atom. The van der Waals surface area contributed by atoms with E-state index in [4.69, 9.17) is 9.47 Å². The molecule has 0 bridgehead atoms. The highest BCUT2D eigenvalue weighted by Crippen LogP contribution is 2.25. The molecule has 0 saturated carbocycles. The average Bonchev–Trinajstić information content (AvgIpc) is 2.90. The van der Waals surface area contributed by atoms with Gasteiger partial charge in [-0.2, -0.15) is 4.98 Å². The fourth-order valence-corrected chi connectivity index (χ4v) is 2.60. The summed E-state index contributed by atoms with van der Waals surface area (Å²) < 4.78 is 10.6. The minimum atomic E-state index is -0.571. The molecule has 0 aliphatic carbocycles. The second kappa shape index (κ2) is 7.81. The first kappa shape index (κ1) is 18.3. The van der Waals surface area contributed by atoms with Crippen molar-refractivity contribution >= 4 is 23.4 Å². The van der Waals surface area contributed by atoms with Gasteiger partial charge in [-0.1, -0.05) is 12.1 Å². The molecule has 9 heteroatoms. The third-order valence-electron chi connectivity index (χ3n) is 3.74. The number of nitrogens with one attached hydrogen (secondary N) is 1. The van der Waals surface area contributed by atoms with Gasteiger partial charge in [0.25, 0.3) is 11.8 Å². The highest BCUT2D eigenvalue weighted by atomic mass is 16.5. The maximum atomic E-state index is 12.4. The van der Waals surface area contributed by atoms with Crippen LogP contribution in [-0.4, -0.2) is 52.3 Å². The smallest absolute Gasteiger partial charge is 0.319 e. The van der Waals surface area contributed by atoms with E-state index in [0.29, 0.717) is 13.2 Å². The van der Waals surface area contributed by atoms with Gasteiger partial charge in [-0.15, -0.1) is 0 Å². The molecule has 2 heterocycles. The second-order valence-corrected chi connectivity index (χ2v) is 5.53. The van der Waals surface area contributed by atoms with E-state index >= 15 is 0 Å². The first-order valence-electron chi connectivity index (χ1n) is 8.42. The van der Waals surface area contributed by atoms with Crippen molar-refractivity contribution < 1.29 is 23.9 Å². The van der Waals surface area contributed by atoms with Gasteiger partial charge >= 0.3 is 6.01 Å². The van der Waals surface area contributed by atoms with E-state index < -0.39 is 24.3 Å². The van der Waals surface area contributed by atoms with Gasteiger partial charge in [0.1, 0.15) is 12.2 Å². The van der Waals surface area contributed by atoms with Gasteiger partial charge in [-0.25, -0.2) is 4.98 Å². The summed E-state index contributed by atoms with van der Waals surface area (Å²) in [5.74, 6) is -1.43. The van der Waals surface area contributed by atoms with E-state index in [1.165, 1.54) is 6.20 Å². The molecule has 3 amide bonds. The van der Waals surface area contributed by atoms with E-state index in [9.17, 15) is 14.4 Å². The molecule has 0 radical (unpaired) electrons. The van der Waals surface area contributed by atoms with Gasteiger partial charge in [0, 0.05) is 0 Å². The average molecular weight is 370 g/mol. The molecule has 9 nitrogen and oxygen atoms in total. The molecule has 3 rings (SSSR count). The van der Waals surface area contributed by atoms with Gasteiger partial charge in [0.15, 0.2) is 0 Å². The van der Waals surface area contributed by atoms with Crippen LogP contribution in [0.1, 0.15) is 34.6 Å². The zero-order valence-electron chi connectivity index (χ0n) is 14.9. The number of amides is 3. The van der Waals surface area contributed by atoms with Crippen molar-refractivity contribution in [1.29, 1.82) is 0 Å². The molecule has 1 N–H and O–H groups in total. The number of ether oxygens (including phenoxy) is 2. The monoisotopic (exact) mass is 370 g/mol. The largest absolute Gasteiger partial charge is 0.476 e. The van der Waals surface area contributed by atoms with Crippen molar-refractivity contribution in [3.63, 3.8) is 0 Å². The SMILES string of the molecule is CCOc1ncc(NC(=O)CN2C(=O)c3ccccc3C2=O)c(OCC)n1. The second-order valence-electron chi connectivity index (χ2n) is 5.53. The fraction of sp³-hybridized carbons (Fsp3) is 0.278. The number of imide groups is 1. The molecule has 0 saturated heterocycles. The summed E-state index contributed by atoms with van der Waals surface area (Å²) in [5.41, 5.74) is 0.798. The molecule has 1 aliphatic heterocycles. The summed E-state index contributed by atoms with van der Waals surface area (Å²) in [4.78, 5) is 46.0. The molecule has 0 fully saturated rings. The van der Waals surface area contributed by atoms with Crippen LogP contribution in [0.3, 0.4) is 0 Å². The number of benzene rings is 1. The molecule has 0 atom stereocenters. The van der Waals surface area contributed by atoms with Gasteiger partial charge < -0.3 is 14.8 Å². The zero-order chi connectivity index (χ0) is 19.4. The standard InChI is InChI=1S/C18H18N4O5/c1-3-26-15-13(9-19-18(21-15)27-4-2)20-14(23)10-22-16(24)11-7-5-6-8-12(11)17(22)25/h5-9H,3-4,10H2,1-2H3,(H,20,23). The van der Waals surface area contributed by atoms with Gasteiger partial charge in [-0.3, -0.25) is 19.3 Å². The van der Waals surface area contributed by atoms with Crippen molar-refractivity contribution in [2.24, 2.45) is 0 Å². The van der Waals surface area contributed by atoms with Crippen LogP contribution in [0.2, 0.25) is 0 Å². The summed E-state index contributed by atoms with van der Waals surface area (Å²) in [5, 5.41) is 2.57. The lowest BCUT2D eigenvalue weighted by molar-refractivity contribution is -0.116. The number of hydrogen-bond acceptors (Lipinski definition) is 7. The lowest BCUT2D eigenvalue weighted by Crippen LogP contribution is -2.37. The predicted molar refractivity (Wildman–Crippen MR) is 94.8 cm³/mol. The Balaban J connectivity index is 1.73. The Labute approximate surface area is 155 Å². The third-order valence-corrected chi connectivity index (χ3v) is 3.74. The first-order valence-corrected chi connectivity index (χ1v) is 8.42. The Kier molecular flexibility index (Phi) is 5.30. The normalized spacial score (nSPS) is 12.7. The van der Waals surface area contributed by atoms with Crippen molar-refractivity contribution in [2.45, 2.75) is 13.8 Å². The van der Waals surface area contributed by atoms with Crippen LogP contribution in [0, 0.1) is 0 Å². The fourth-order valence-electron chi connectivity index (χ4n) is 2.60. The Morgan fingerprint density at radius 1 is 1.07 bits per heavy atom. The number of anilines is 1. The van der Waals surface area contributed by atoms with E-state index in [1.807, 2.05) is 0 Å². The number of fused-ring (bicyclic) bond motifs is 1. The molecular formula is C18H18N4O5. The predicted octanol–water partition coefficient (Wildman–Crippen LogP) is 1.51. The van der Waals surface area contributed by atoms with Crippen molar-refractivity contribution in [3.8, 4) is 11.9 Å². The topological polar surface area (TPSA) is 111 Å². The molecule has 140 valence electrons. The van der Waals surface area contributed by atoms with Gasteiger partial charge in [0.2, 0.25) is 11.8 Å². The van der Waals surface area contributed by atoms with Crippen LogP contribution in [0.4, 0.5) is 5.69 Å². The Bertz CT molecular complexity index is 864. The molecule has 1 aromatic heterocycles. The minimum Gasteiger partial charge on any atom is -0.476 e. The molecule has 27 heavy (non-hydrogen) atoms. The number of aromatic nitrogens is 2. The van der Waals surface area contributed by atoms with Crippen LogP contribution in [0.15, 0.2) is 30.5 Å².